The van der Waals surface area contributed by atoms with Crippen molar-refractivity contribution in [3.63, 3.8) is 0 Å². The molecule has 11 heteroatoms. The van der Waals surface area contributed by atoms with Crippen LogP contribution in [0.4, 0.5) is 5.69 Å². The fraction of sp³-hybridized carbons (Fsp3) is 0.444. The van der Waals surface area contributed by atoms with Crippen LogP contribution in [0.15, 0.2) is 34.9 Å². The average molecular weight is 531 g/mol. The molecule has 3 rings (SSSR count). The molecule has 3 heterocycles. The van der Waals surface area contributed by atoms with Gasteiger partial charge in [-0.1, -0.05) is 6.07 Å². The first kappa shape index (κ1) is 23.1. The minimum absolute atomic E-state index is 0. The summed E-state index contributed by atoms with van der Waals surface area (Å²) in [6.45, 7) is 2.78. The molecule has 29 heavy (non-hydrogen) atoms. The quantitative estimate of drug-likeness (QED) is 0.253. The number of aryl methyl sites for hydroxylation is 1. The Kier molecular flexibility index (Phi) is 8.89. The van der Waals surface area contributed by atoms with Gasteiger partial charge in [-0.3, -0.25) is 19.3 Å². The standard InChI is InChI=1S/C18H25N7O2S.HI/c1-19-18(21-7-4-6-20-17(27)15-5-3-10-28-15)24-8-9-25(16(26)13-24)14-11-22-23(2)12-14;/h3,5,10-12H,4,6-9,13H2,1-2H3,(H,19,21)(H,20,27);1H. The summed E-state index contributed by atoms with van der Waals surface area (Å²) >= 11 is 1.43. The highest BCUT2D eigenvalue weighted by molar-refractivity contribution is 14.0. The first-order valence-corrected chi connectivity index (χ1v) is 10.0. The van der Waals surface area contributed by atoms with Crippen molar-refractivity contribution in [2.45, 2.75) is 6.42 Å². The van der Waals surface area contributed by atoms with E-state index in [1.807, 2.05) is 35.7 Å². The van der Waals surface area contributed by atoms with Crippen LogP contribution >= 0.6 is 35.3 Å². The van der Waals surface area contributed by atoms with E-state index in [2.05, 4.69) is 20.7 Å². The summed E-state index contributed by atoms with van der Waals surface area (Å²) < 4.78 is 1.69. The lowest BCUT2D eigenvalue weighted by Crippen LogP contribution is -2.55. The molecule has 0 unspecified atom stereocenters. The van der Waals surface area contributed by atoms with Crippen LogP contribution < -0.4 is 15.5 Å². The molecule has 0 aliphatic carbocycles. The maximum atomic E-state index is 12.5. The van der Waals surface area contributed by atoms with Crippen LogP contribution in [0.3, 0.4) is 0 Å². The Bertz CT molecular complexity index is 837. The Morgan fingerprint density at radius 3 is 2.72 bits per heavy atom. The van der Waals surface area contributed by atoms with Crippen molar-refractivity contribution in [1.82, 2.24) is 25.3 Å². The molecule has 2 N–H and O–H groups in total. The van der Waals surface area contributed by atoms with Gasteiger partial charge in [-0.15, -0.1) is 35.3 Å². The number of anilines is 1. The van der Waals surface area contributed by atoms with Gasteiger partial charge in [0.05, 0.1) is 16.8 Å². The average Bonchev–Trinajstić information content (AvgIpc) is 3.36. The molecule has 0 atom stereocenters. The van der Waals surface area contributed by atoms with Crippen LogP contribution in [0.1, 0.15) is 16.1 Å². The Labute approximate surface area is 191 Å². The molecule has 2 aromatic heterocycles. The van der Waals surface area contributed by atoms with Gasteiger partial charge in [0.15, 0.2) is 5.96 Å². The third kappa shape index (κ3) is 6.16. The van der Waals surface area contributed by atoms with E-state index in [0.717, 1.165) is 12.1 Å². The van der Waals surface area contributed by atoms with Gasteiger partial charge in [0.1, 0.15) is 6.54 Å². The van der Waals surface area contributed by atoms with Crippen molar-refractivity contribution in [2.75, 3.05) is 44.7 Å². The number of aliphatic imine (C=N–C) groups is 1. The van der Waals surface area contributed by atoms with Gasteiger partial charge in [0.25, 0.3) is 5.91 Å². The summed E-state index contributed by atoms with van der Waals surface area (Å²) in [4.78, 5) is 33.1. The van der Waals surface area contributed by atoms with Crippen LogP contribution in [-0.4, -0.2) is 72.2 Å². The maximum absolute atomic E-state index is 12.5. The van der Waals surface area contributed by atoms with Crippen molar-refractivity contribution >= 4 is 58.8 Å². The van der Waals surface area contributed by atoms with Gasteiger partial charge in [-0.05, 0) is 17.9 Å². The fourth-order valence-corrected chi connectivity index (χ4v) is 3.63. The molecule has 0 bridgehead atoms. The zero-order valence-electron chi connectivity index (χ0n) is 16.5. The first-order valence-electron chi connectivity index (χ1n) is 9.15. The Hall–Kier alpha value is -2.15. The molecule has 2 amide bonds. The molecule has 1 fully saturated rings. The van der Waals surface area contributed by atoms with E-state index in [9.17, 15) is 9.59 Å². The molecule has 0 spiro atoms. The third-order valence-electron chi connectivity index (χ3n) is 4.40. The second-order valence-electron chi connectivity index (χ2n) is 6.40. The zero-order valence-corrected chi connectivity index (χ0v) is 19.6. The Balaban J connectivity index is 0.00000300. The number of piperazine rings is 1. The number of hydrogen-bond acceptors (Lipinski definition) is 5. The highest BCUT2D eigenvalue weighted by atomic mass is 127. The van der Waals surface area contributed by atoms with Gasteiger partial charge >= 0.3 is 0 Å². The zero-order chi connectivity index (χ0) is 19.9. The number of nitrogens with zero attached hydrogens (tertiary/aromatic N) is 5. The van der Waals surface area contributed by atoms with E-state index < -0.39 is 0 Å². The van der Waals surface area contributed by atoms with Crippen LogP contribution in [0, 0.1) is 0 Å². The number of hydrogen-bond donors (Lipinski definition) is 2. The topological polar surface area (TPSA) is 94.9 Å². The minimum atomic E-state index is -0.0449. The number of amides is 2. The molecule has 0 saturated carbocycles. The van der Waals surface area contributed by atoms with Crippen LogP contribution in [0.2, 0.25) is 0 Å². The molecule has 9 nitrogen and oxygen atoms in total. The van der Waals surface area contributed by atoms with E-state index >= 15 is 0 Å². The van der Waals surface area contributed by atoms with Crippen LogP contribution in [0.5, 0.6) is 0 Å². The number of nitrogens with one attached hydrogen (secondary N) is 2. The molecule has 1 aliphatic rings. The molecule has 0 aromatic carbocycles. The number of rotatable bonds is 6. The molecule has 2 aromatic rings. The minimum Gasteiger partial charge on any atom is -0.356 e. The summed E-state index contributed by atoms with van der Waals surface area (Å²) in [6, 6.07) is 3.67. The van der Waals surface area contributed by atoms with E-state index in [-0.39, 0.29) is 42.3 Å². The van der Waals surface area contributed by atoms with Crippen molar-refractivity contribution in [1.29, 1.82) is 0 Å². The summed E-state index contributed by atoms with van der Waals surface area (Å²) in [5.74, 6) is 0.672. The predicted molar refractivity (Wildman–Crippen MR) is 125 cm³/mol. The molecule has 1 aliphatic heterocycles. The van der Waals surface area contributed by atoms with Gasteiger partial charge in [-0.2, -0.15) is 5.10 Å². The maximum Gasteiger partial charge on any atom is 0.261 e. The monoisotopic (exact) mass is 531 g/mol. The van der Waals surface area contributed by atoms with Crippen molar-refractivity contribution in [3.8, 4) is 0 Å². The van der Waals surface area contributed by atoms with Crippen LogP contribution in [0.25, 0.3) is 0 Å². The van der Waals surface area contributed by atoms with Gasteiger partial charge in [0, 0.05) is 46.5 Å². The van der Waals surface area contributed by atoms with E-state index in [1.54, 1.807) is 22.8 Å². The largest absolute Gasteiger partial charge is 0.356 e. The Morgan fingerprint density at radius 1 is 1.31 bits per heavy atom. The number of aromatic nitrogens is 2. The molecular formula is C18H26IN7O2S. The van der Waals surface area contributed by atoms with E-state index in [1.165, 1.54) is 11.3 Å². The highest BCUT2D eigenvalue weighted by Gasteiger charge is 2.27. The van der Waals surface area contributed by atoms with Gasteiger partial charge < -0.3 is 20.4 Å². The lowest BCUT2D eigenvalue weighted by Gasteiger charge is -2.35. The second kappa shape index (κ2) is 11.1. The van der Waals surface area contributed by atoms with Crippen molar-refractivity contribution in [2.24, 2.45) is 12.0 Å². The number of guanidine groups is 1. The number of thiophene rings is 1. The van der Waals surface area contributed by atoms with Crippen molar-refractivity contribution < 1.29 is 9.59 Å². The van der Waals surface area contributed by atoms with Crippen LogP contribution in [-0.2, 0) is 11.8 Å². The van der Waals surface area contributed by atoms with Crippen molar-refractivity contribution in [3.05, 3.63) is 34.8 Å². The number of carbonyl (C=O) groups excluding carboxylic acids is 2. The summed E-state index contributed by atoms with van der Waals surface area (Å²) in [6.07, 6.45) is 4.30. The van der Waals surface area contributed by atoms with Gasteiger partial charge in [-0.25, -0.2) is 0 Å². The smallest absolute Gasteiger partial charge is 0.261 e. The highest BCUT2D eigenvalue weighted by Crippen LogP contribution is 2.16. The lowest BCUT2D eigenvalue weighted by atomic mass is 10.3. The molecular weight excluding hydrogens is 505 g/mol. The van der Waals surface area contributed by atoms with Gasteiger partial charge in [0.2, 0.25) is 5.91 Å². The summed E-state index contributed by atoms with van der Waals surface area (Å²) in [5, 5.41) is 12.2. The molecule has 1 saturated heterocycles. The molecule has 0 radical (unpaired) electrons. The summed E-state index contributed by atoms with van der Waals surface area (Å²) in [7, 11) is 3.54. The molecule has 158 valence electrons. The number of halogens is 1. The Morgan fingerprint density at radius 2 is 2.10 bits per heavy atom. The van der Waals surface area contributed by atoms with E-state index in [0.29, 0.717) is 37.0 Å². The van der Waals surface area contributed by atoms with E-state index in [4.69, 9.17) is 0 Å². The summed E-state index contributed by atoms with van der Waals surface area (Å²) in [5.41, 5.74) is 0.816. The third-order valence-corrected chi connectivity index (χ3v) is 5.27. The normalized spacial score (nSPS) is 14.6. The second-order valence-corrected chi connectivity index (χ2v) is 7.35. The predicted octanol–water partition coefficient (Wildman–Crippen LogP) is 1.14. The first-order chi connectivity index (χ1) is 13.6. The SMILES string of the molecule is CN=C(NCCCNC(=O)c1cccs1)N1CCN(c2cnn(C)c2)C(=O)C1.I. The number of carbonyl (C=O) groups is 2. The fourth-order valence-electron chi connectivity index (χ4n) is 2.99. The lowest BCUT2D eigenvalue weighted by molar-refractivity contribution is -0.120.